The normalized spacial score (nSPS) is 10.9. The lowest BCUT2D eigenvalue weighted by atomic mass is 10.1. The lowest BCUT2D eigenvalue weighted by Gasteiger charge is -2.07. The Morgan fingerprint density at radius 1 is 0.906 bits per heavy atom. The van der Waals surface area contributed by atoms with Crippen molar-refractivity contribution in [1.29, 1.82) is 0 Å². The zero-order chi connectivity index (χ0) is 21.9. The number of hydrogen-bond donors (Lipinski definition) is 0. The molecule has 1 aromatic carbocycles. The second-order valence-electron chi connectivity index (χ2n) is 7.25. The molecule has 4 aromatic heterocycles. The topological polar surface area (TPSA) is 104 Å². The van der Waals surface area contributed by atoms with Crippen LogP contribution in [0.4, 0.5) is 0 Å². The molecule has 9 nitrogen and oxygen atoms in total. The average molecular weight is 422 g/mol. The van der Waals surface area contributed by atoms with E-state index in [1.807, 2.05) is 43.6 Å². The molecule has 0 N–H and O–H groups in total. The minimum atomic E-state index is -0.109. The quantitative estimate of drug-likeness (QED) is 0.428. The fraction of sp³-hybridized carbons (Fsp3) is 0.0870. The van der Waals surface area contributed by atoms with Gasteiger partial charge in [-0.25, -0.2) is 14.6 Å². The summed E-state index contributed by atoms with van der Waals surface area (Å²) in [7, 11) is 1.83. The molecular formula is C23H18N8O. The van der Waals surface area contributed by atoms with Crippen LogP contribution in [-0.2, 0) is 13.5 Å². The van der Waals surface area contributed by atoms with E-state index in [9.17, 15) is 4.79 Å². The standard InChI is InChI=1S/C23H18N8O/c1-30-15-20(14-28-30)31-8-6-22(32)21(29-31)10-16-3-2-4-17(9-16)23-24-11-19(12-25-23)18-5-7-26-27-13-18/h2-9,11-15H,10H2,1H3. The van der Waals surface area contributed by atoms with Crippen LogP contribution in [-0.4, -0.2) is 39.7 Å². The zero-order valence-electron chi connectivity index (χ0n) is 17.2. The van der Waals surface area contributed by atoms with Gasteiger partial charge in [-0.05, 0) is 17.7 Å². The molecule has 0 saturated heterocycles. The van der Waals surface area contributed by atoms with Gasteiger partial charge in [-0.15, -0.1) is 0 Å². The van der Waals surface area contributed by atoms with Gasteiger partial charge in [0.1, 0.15) is 11.4 Å². The van der Waals surface area contributed by atoms with E-state index >= 15 is 0 Å². The van der Waals surface area contributed by atoms with Crippen LogP contribution < -0.4 is 5.43 Å². The molecule has 0 aliphatic heterocycles. The van der Waals surface area contributed by atoms with Crippen LogP contribution in [0.5, 0.6) is 0 Å². The van der Waals surface area contributed by atoms with Gasteiger partial charge >= 0.3 is 0 Å². The van der Waals surface area contributed by atoms with Crippen molar-refractivity contribution in [3.8, 4) is 28.2 Å². The Labute approximate surface area is 183 Å². The van der Waals surface area contributed by atoms with Crippen molar-refractivity contribution in [2.75, 3.05) is 0 Å². The second-order valence-corrected chi connectivity index (χ2v) is 7.25. The third-order valence-electron chi connectivity index (χ3n) is 4.96. The Hall–Kier alpha value is -4.53. The minimum Gasteiger partial charge on any atom is -0.288 e. The maximum atomic E-state index is 12.4. The van der Waals surface area contributed by atoms with Gasteiger partial charge in [-0.2, -0.15) is 20.4 Å². The van der Waals surface area contributed by atoms with Gasteiger partial charge in [0.2, 0.25) is 5.43 Å². The van der Waals surface area contributed by atoms with E-state index < -0.39 is 0 Å². The summed E-state index contributed by atoms with van der Waals surface area (Å²) in [5, 5.41) is 16.3. The number of benzene rings is 1. The molecule has 0 radical (unpaired) electrons. The van der Waals surface area contributed by atoms with E-state index in [1.54, 1.807) is 46.5 Å². The van der Waals surface area contributed by atoms with E-state index in [1.165, 1.54) is 6.07 Å². The van der Waals surface area contributed by atoms with Crippen LogP contribution in [0.3, 0.4) is 0 Å². The van der Waals surface area contributed by atoms with Crippen LogP contribution >= 0.6 is 0 Å². The summed E-state index contributed by atoms with van der Waals surface area (Å²) in [5.41, 5.74) is 4.72. The number of aryl methyl sites for hydroxylation is 1. The van der Waals surface area contributed by atoms with Gasteiger partial charge in [0.05, 0.1) is 24.8 Å². The summed E-state index contributed by atoms with van der Waals surface area (Å²) < 4.78 is 3.35. The molecule has 0 amide bonds. The van der Waals surface area contributed by atoms with Crippen molar-refractivity contribution < 1.29 is 0 Å². The minimum absolute atomic E-state index is 0.109. The van der Waals surface area contributed by atoms with Gasteiger partial charge < -0.3 is 0 Å². The average Bonchev–Trinajstić information content (AvgIpc) is 3.28. The molecule has 0 aliphatic rings. The molecule has 9 heteroatoms. The lowest BCUT2D eigenvalue weighted by molar-refractivity contribution is 0.762. The van der Waals surface area contributed by atoms with Crippen LogP contribution in [0.15, 0.2) is 84.6 Å². The second kappa shape index (κ2) is 8.31. The molecule has 0 saturated carbocycles. The molecule has 0 unspecified atom stereocenters. The maximum Gasteiger partial charge on any atom is 0.203 e. The summed E-state index contributed by atoms with van der Waals surface area (Å²) >= 11 is 0. The van der Waals surface area contributed by atoms with Crippen molar-refractivity contribution in [2.24, 2.45) is 7.05 Å². The molecule has 156 valence electrons. The fourth-order valence-corrected chi connectivity index (χ4v) is 3.34. The first-order chi connectivity index (χ1) is 15.7. The van der Waals surface area contributed by atoms with Crippen LogP contribution in [0.25, 0.3) is 28.2 Å². The van der Waals surface area contributed by atoms with Gasteiger partial charge in [0.15, 0.2) is 5.82 Å². The van der Waals surface area contributed by atoms with E-state index in [-0.39, 0.29) is 5.43 Å². The summed E-state index contributed by atoms with van der Waals surface area (Å²) in [6.07, 6.45) is 12.4. The molecule has 0 aliphatic carbocycles. The van der Waals surface area contributed by atoms with Gasteiger partial charge in [-0.1, -0.05) is 18.2 Å². The van der Waals surface area contributed by atoms with E-state index in [0.717, 1.165) is 27.9 Å². The third-order valence-corrected chi connectivity index (χ3v) is 4.96. The van der Waals surface area contributed by atoms with Gasteiger partial charge in [-0.3, -0.25) is 9.48 Å². The van der Waals surface area contributed by atoms with Crippen molar-refractivity contribution in [3.05, 3.63) is 101 Å². The molecule has 0 bridgehead atoms. The SMILES string of the molecule is Cn1cc(-n2ccc(=O)c(Cc3cccc(-c4ncc(-c5ccnnc5)cn4)c3)n2)cn1. The maximum absolute atomic E-state index is 12.4. The Kier molecular flexibility index (Phi) is 5.04. The number of nitrogens with zero attached hydrogens (tertiary/aromatic N) is 8. The van der Waals surface area contributed by atoms with Crippen LogP contribution in [0.2, 0.25) is 0 Å². The van der Waals surface area contributed by atoms with Crippen molar-refractivity contribution >= 4 is 0 Å². The molecule has 0 fully saturated rings. The van der Waals surface area contributed by atoms with Gasteiger partial charge in [0, 0.05) is 54.8 Å². The van der Waals surface area contributed by atoms with Gasteiger partial charge in [0.25, 0.3) is 0 Å². The zero-order valence-corrected chi connectivity index (χ0v) is 17.2. The summed E-state index contributed by atoms with van der Waals surface area (Å²) in [6.45, 7) is 0. The number of rotatable bonds is 5. The van der Waals surface area contributed by atoms with Crippen molar-refractivity contribution in [2.45, 2.75) is 6.42 Å². The molecule has 32 heavy (non-hydrogen) atoms. The number of hydrogen-bond acceptors (Lipinski definition) is 7. The van der Waals surface area contributed by atoms with Crippen molar-refractivity contribution in [1.82, 2.24) is 39.7 Å². The number of aromatic nitrogens is 8. The Balaban J connectivity index is 1.41. The Morgan fingerprint density at radius 3 is 2.53 bits per heavy atom. The fourth-order valence-electron chi connectivity index (χ4n) is 3.34. The first-order valence-corrected chi connectivity index (χ1v) is 9.92. The molecule has 4 heterocycles. The van der Waals surface area contributed by atoms with Crippen LogP contribution in [0, 0.1) is 0 Å². The third kappa shape index (κ3) is 4.04. The molecule has 5 rings (SSSR count). The Bertz CT molecular complexity index is 1420. The molecular weight excluding hydrogens is 404 g/mol. The van der Waals surface area contributed by atoms with E-state index in [2.05, 4.69) is 30.4 Å². The van der Waals surface area contributed by atoms with Crippen molar-refractivity contribution in [3.63, 3.8) is 0 Å². The Morgan fingerprint density at radius 2 is 1.78 bits per heavy atom. The highest BCUT2D eigenvalue weighted by Crippen LogP contribution is 2.21. The highest BCUT2D eigenvalue weighted by Gasteiger charge is 2.09. The smallest absolute Gasteiger partial charge is 0.203 e. The summed E-state index contributed by atoms with van der Waals surface area (Å²) in [6, 6.07) is 11.2. The molecule has 5 aromatic rings. The molecule has 0 atom stereocenters. The molecule has 0 spiro atoms. The highest BCUT2D eigenvalue weighted by atomic mass is 16.1. The first-order valence-electron chi connectivity index (χ1n) is 9.92. The predicted octanol–water partition coefficient (Wildman–Crippen LogP) is 2.47. The van der Waals surface area contributed by atoms with Crippen LogP contribution in [0.1, 0.15) is 11.3 Å². The van der Waals surface area contributed by atoms with E-state index in [4.69, 9.17) is 0 Å². The lowest BCUT2D eigenvalue weighted by Crippen LogP contribution is -2.16. The largest absolute Gasteiger partial charge is 0.288 e. The monoisotopic (exact) mass is 422 g/mol. The summed E-state index contributed by atoms with van der Waals surface area (Å²) in [5.74, 6) is 0.603. The predicted molar refractivity (Wildman–Crippen MR) is 118 cm³/mol. The first kappa shape index (κ1) is 19.4. The van der Waals surface area contributed by atoms with E-state index in [0.29, 0.717) is 17.9 Å². The highest BCUT2D eigenvalue weighted by molar-refractivity contribution is 5.62. The summed E-state index contributed by atoms with van der Waals surface area (Å²) in [4.78, 5) is 21.4.